The number of aryl methyl sites for hydroxylation is 1. The van der Waals surface area contributed by atoms with Crippen molar-refractivity contribution < 1.29 is 38.6 Å². The van der Waals surface area contributed by atoms with Gasteiger partial charge in [0.05, 0.1) is 37.1 Å². The standard InChI is InChI=1S/C56H72N8O8/c1-12-56(58-50(67)48(36(3)4)61(10)51(68)39-21-26-62(33-39)47(66)18-15-24-60(8)9)31-37-27-40(29-41(65)28-37)38-19-20-46-43(30-38)44(49(63(46)13-2)42-17-14-23-57-45(42)34-71-11)32-54(5,6)35-72-53(70)55(7)22-16-25-64(59-55)52(56)69/h12,14,17,19-20,23,27-30,36,39,48,59,65H,1,13,16,21-22,24-26,31-35H2,2-11H3,(H,58,67)/t39-,48-,55+,56-/m0/s1. The van der Waals surface area contributed by atoms with E-state index in [1.54, 1.807) is 44.3 Å². The second-order valence-corrected chi connectivity index (χ2v) is 21.3. The molecular weight excluding hydrogens is 913 g/mol. The van der Waals surface area contributed by atoms with Crippen LogP contribution in [0.25, 0.3) is 33.3 Å². The van der Waals surface area contributed by atoms with Gasteiger partial charge in [-0.3, -0.25) is 34.1 Å². The zero-order valence-electron chi connectivity index (χ0n) is 43.7. The predicted molar refractivity (Wildman–Crippen MR) is 277 cm³/mol. The first-order valence-electron chi connectivity index (χ1n) is 25.0. The Balaban J connectivity index is 1.32. The number of carbonyl (C=O) groups is 5. The lowest BCUT2D eigenvalue weighted by Crippen LogP contribution is -2.70. The molecule has 6 bridgehead atoms. The maximum Gasteiger partial charge on any atom is 0.327 e. The van der Waals surface area contributed by atoms with Crippen molar-refractivity contribution in [1.82, 2.24) is 40.0 Å². The highest BCUT2D eigenvalue weighted by atomic mass is 16.5. The monoisotopic (exact) mass is 985 g/mol. The molecular formula is C56H72N8O8. The van der Waals surface area contributed by atoms with Crippen molar-refractivity contribution in [2.24, 2.45) is 17.3 Å². The van der Waals surface area contributed by atoms with Crippen molar-refractivity contribution in [3.63, 3.8) is 0 Å². The number of rotatable bonds is 11. The number of pyridine rings is 1. The van der Waals surface area contributed by atoms with Gasteiger partial charge in [0, 0.05) is 74.8 Å². The molecule has 16 heteroatoms. The van der Waals surface area contributed by atoms with E-state index in [-0.39, 0.29) is 43.7 Å². The van der Waals surface area contributed by atoms with Crippen molar-refractivity contribution in [3.05, 3.63) is 84.2 Å². The smallest absolute Gasteiger partial charge is 0.327 e. The average Bonchev–Trinajstić information content (AvgIpc) is 3.95. The van der Waals surface area contributed by atoms with E-state index >= 15 is 4.79 Å². The summed E-state index contributed by atoms with van der Waals surface area (Å²) in [5.41, 5.74) is 6.19. The van der Waals surface area contributed by atoms with Gasteiger partial charge in [0.15, 0.2) is 0 Å². The lowest BCUT2D eigenvalue weighted by molar-refractivity contribution is -0.163. The second-order valence-electron chi connectivity index (χ2n) is 21.3. The molecule has 4 aromatic rings. The highest BCUT2D eigenvalue weighted by Gasteiger charge is 2.48. The van der Waals surface area contributed by atoms with Crippen molar-refractivity contribution in [2.45, 2.75) is 104 Å². The van der Waals surface area contributed by atoms with Gasteiger partial charge in [-0.05, 0) is 124 Å². The number of likely N-dealkylation sites (tertiary alicyclic amines) is 1. The van der Waals surface area contributed by atoms with Crippen molar-refractivity contribution in [2.75, 3.05) is 61.0 Å². The number of nitrogens with one attached hydrogen (secondary N) is 2. The molecule has 2 aromatic carbocycles. The minimum atomic E-state index is -1.86. The molecule has 72 heavy (non-hydrogen) atoms. The Morgan fingerprint density at radius 3 is 2.53 bits per heavy atom. The lowest BCUT2D eigenvalue weighted by atomic mass is 9.83. The van der Waals surface area contributed by atoms with Crippen LogP contribution in [-0.2, 0) is 59.4 Å². The van der Waals surface area contributed by atoms with E-state index in [9.17, 15) is 24.3 Å². The predicted octanol–water partition coefficient (Wildman–Crippen LogP) is 5.73. The molecule has 0 saturated carbocycles. The van der Waals surface area contributed by atoms with Gasteiger partial charge < -0.3 is 34.3 Å². The Labute approximate surface area is 424 Å². The highest BCUT2D eigenvalue weighted by Crippen LogP contribution is 2.42. The number of hydrogen-bond acceptors (Lipinski definition) is 11. The molecule has 3 aliphatic rings. The molecule has 2 aromatic heterocycles. The number of aromatic hydroxyl groups is 1. The number of nitrogens with zero attached hydrogens (tertiary/aromatic N) is 6. The van der Waals surface area contributed by atoms with Crippen molar-refractivity contribution in [3.8, 4) is 40.0 Å². The third-order valence-electron chi connectivity index (χ3n) is 14.2. The molecule has 3 N–H and O–H groups in total. The molecule has 4 amide bonds. The summed E-state index contributed by atoms with van der Waals surface area (Å²) in [4.78, 5) is 81.5. The first kappa shape index (κ1) is 53.3. The second kappa shape index (κ2) is 21.7. The number of esters is 1. The Morgan fingerprint density at radius 2 is 1.83 bits per heavy atom. The molecule has 7 rings (SSSR count). The van der Waals surface area contributed by atoms with Gasteiger partial charge >= 0.3 is 5.97 Å². The maximum absolute atomic E-state index is 15.4. The SMILES string of the molecule is C=C[C@]1(NC(=O)[C@H](C(C)C)N(C)C(=O)[C@H]2CCN(C(=O)C#CCN(C)C)C2)Cc2cc(O)cc(c2)-c2ccc3c(c2)c(c(-c2cccnc2COC)n3CC)CC(C)(C)COC(=O)[C@@]2(C)CCCN(N2)C1=O. The third-order valence-corrected chi connectivity index (χ3v) is 14.2. The number of cyclic esters (lactones) is 1. The van der Waals surface area contributed by atoms with Gasteiger partial charge in [-0.1, -0.05) is 51.8 Å². The van der Waals surface area contributed by atoms with E-state index in [0.717, 1.165) is 39.0 Å². The van der Waals surface area contributed by atoms with Crippen LogP contribution < -0.4 is 10.7 Å². The van der Waals surface area contributed by atoms with E-state index in [1.807, 2.05) is 51.0 Å². The fraction of sp³-hybridized carbons (Fsp3) is 0.500. The molecule has 4 atom stereocenters. The van der Waals surface area contributed by atoms with E-state index in [4.69, 9.17) is 14.5 Å². The van der Waals surface area contributed by atoms with Gasteiger partial charge in [0.2, 0.25) is 11.8 Å². The van der Waals surface area contributed by atoms with Crippen LogP contribution in [-0.4, -0.2) is 142 Å². The molecule has 3 aliphatic heterocycles. The Hall–Kier alpha value is -6.54. The quantitative estimate of drug-likeness (QED) is 0.0950. The Bertz CT molecular complexity index is 2810. The average molecular weight is 985 g/mol. The van der Waals surface area contributed by atoms with Crippen LogP contribution in [0.15, 0.2) is 67.4 Å². The molecule has 384 valence electrons. The number of benzene rings is 2. The van der Waals surface area contributed by atoms with Gasteiger partial charge in [0.1, 0.15) is 22.9 Å². The number of likely N-dealkylation sites (N-methyl/N-ethyl adjacent to an activating group) is 1. The number of fused-ring (bicyclic) bond motifs is 6. The van der Waals surface area contributed by atoms with Crippen LogP contribution in [0, 0.1) is 29.1 Å². The van der Waals surface area contributed by atoms with Crippen LogP contribution in [0.3, 0.4) is 0 Å². The van der Waals surface area contributed by atoms with Gasteiger partial charge in [-0.25, -0.2) is 10.2 Å². The minimum absolute atomic E-state index is 0.0499. The Morgan fingerprint density at radius 1 is 1.07 bits per heavy atom. The molecule has 0 radical (unpaired) electrons. The largest absolute Gasteiger partial charge is 0.508 e. The molecule has 16 nitrogen and oxygen atoms in total. The fourth-order valence-corrected chi connectivity index (χ4v) is 10.6. The molecule has 0 aliphatic carbocycles. The number of methoxy groups -OCH3 is 1. The van der Waals surface area contributed by atoms with Crippen LogP contribution in [0.2, 0.25) is 0 Å². The summed E-state index contributed by atoms with van der Waals surface area (Å²) >= 11 is 0. The van der Waals surface area contributed by atoms with Crippen LogP contribution in [0.5, 0.6) is 5.75 Å². The number of phenols is 1. The molecule has 0 unspecified atom stereocenters. The van der Waals surface area contributed by atoms with Gasteiger partial charge in [-0.15, -0.1) is 6.58 Å². The van der Waals surface area contributed by atoms with Crippen molar-refractivity contribution >= 4 is 40.5 Å². The van der Waals surface area contributed by atoms with Crippen LogP contribution in [0.1, 0.15) is 77.6 Å². The summed E-state index contributed by atoms with van der Waals surface area (Å²) in [5, 5.41) is 16.9. The summed E-state index contributed by atoms with van der Waals surface area (Å²) in [7, 11) is 6.94. The summed E-state index contributed by atoms with van der Waals surface area (Å²) < 4.78 is 14.1. The Kier molecular flexibility index (Phi) is 16.0. The fourth-order valence-electron chi connectivity index (χ4n) is 10.6. The zero-order chi connectivity index (χ0) is 52.3. The number of amides is 4. The van der Waals surface area contributed by atoms with E-state index in [1.165, 1.54) is 16.0 Å². The summed E-state index contributed by atoms with van der Waals surface area (Å²) in [6.07, 6.45) is 4.74. The number of aromatic nitrogens is 2. The zero-order valence-corrected chi connectivity index (χ0v) is 43.7. The van der Waals surface area contributed by atoms with Gasteiger partial charge in [-0.2, -0.15) is 0 Å². The number of hydrogen-bond donors (Lipinski definition) is 3. The normalized spacial score (nSPS) is 21.7. The topological polar surface area (TPSA) is 179 Å². The highest BCUT2D eigenvalue weighted by molar-refractivity contribution is 5.98. The van der Waals surface area contributed by atoms with Crippen LogP contribution in [0.4, 0.5) is 0 Å². The molecule has 2 fully saturated rings. The van der Waals surface area contributed by atoms with Crippen molar-refractivity contribution in [1.29, 1.82) is 0 Å². The van der Waals surface area contributed by atoms with E-state index in [2.05, 4.69) is 72.7 Å². The maximum atomic E-state index is 15.4. The first-order chi connectivity index (χ1) is 34.1. The first-order valence-corrected chi connectivity index (χ1v) is 25.0. The summed E-state index contributed by atoms with van der Waals surface area (Å²) in [5.74, 6) is 2.12. The molecule has 2 saturated heterocycles. The number of phenolic OH excluding ortho intramolecular Hbond substituents is 1. The number of ether oxygens (including phenoxy) is 2. The molecule has 0 spiro atoms. The third kappa shape index (κ3) is 11.1. The van der Waals surface area contributed by atoms with E-state index in [0.29, 0.717) is 63.1 Å². The summed E-state index contributed by atoms with van der Waals surface area (Å²) in [6.45, 7) is 17.9. The number of hydrazine groups is 1. The minimum Gasteiger partial charge on any atom is -0.508 e. The molecule has 5 heterocycles. The number of carbonyl (C=O) groups excluding carboxylic acids is 5. The van der Waals surface area contributed by atoms with E-state index < -0.39 is 52.2 Å². The van der Waals surface area contributed by atoms with Gasteiger partial charge in [0.25, 0.3) is 11.8 Å². The lowest BCUT2D eigenvalue weighted by Gasteiger charge is -2.44. The summed E-state index contributed by atoms with van der Waals surface area (Å²) in [6, 6.07) is 14.3. The van der Waals surface area contributed by atoms with Crippen LogP contribution >= 0.6 is 0 Å².